The number of amides is 2. The SMILES string of the molecule is C/N=C\c1ccc(S(=O)(=O)c2cc(C(N)=O)c(NC(=O)C(C)(C)O)s2)c(F)c1. The lowest BCUT2D eigenvalue weighted by Crippen LogP contribution is -2.36. The summed E-state index contributed by atoms with van der Waals surface area (Å²) in [4.78, 5) is 26.7. The third-order valence-corrected chi connectivity index (χ3v) is 6.86. The molecule has 0 bridgehead atoms. The molecule has 1 heterocycles. The van der Waals surface area contributed by atoms with Crippen molar-refractivity contribution in [1.29, 1.82) is 0 Å². The minimum atomic E-state index is -4.33. The third kappa shape index (κ3) is 4.43. The first-order chi connectivity index (χ1) is 12.9. The van der Waals surface area contributed by atoms with Gasteiger partial charge in [0.2, 0.25) is 9.84 Å². The Morgan fingerprint density at radius 2 is 1.96 bits per heavy atom. The summed E-state index contributed by atoms with van der Waals surface area (Å²) < 4.78 is 39.6. The first kappa shape index (κ1) is 21.7. The number of hydrogen-bond donors (Lipinski definition) is 3. The lowest BCUT2D eigenvalue weighted by molar-refractivity contribution is -0.130. The van der Waals surface area contributed by atoms with Crippen LogP contribution < -0.4 is 11.1 Å². The Morgan fingerprint density at radius 1 is 1.32 bits per heavy atom. The van der Waals surface area contributed by atoms with Gasteiger partial charge in [0, 0.05) is 13.3 Å². The standard InChI is InChI=1S/C17H18FN3O5S2/c1-17(2,24)16(23)21-15-10(14(19)22)7-13(27-15)28(25,26)12-5-4-9(8-20-3)6-11(12)18/h4-8,24H,1-3H3,(H2,19,22)(H,21,23)/b20-8-. The Labute approximate surface area is 164 Å². The number of sulfone groups is 1. The molecule has 2 rings (SSSR count). The van der Waals surface area contributed by atoms with E-state index in [0.717, 1.165) is 18.2 Å². The highest BCUT2D eigenvalue weighted by Gasteiger charge is 2.30. The number of nitrogens with zero attached hydrogens (tertiary/aromatic N) is 1. The van der Waals surface area contributed by atoms with Crippen LogP contribution in [0.3, 0.4) is 0 Å². The average Bonchev–Trinajstić information content (AvgIpc) is 2.99. The van der Waals surface area contributed by atoms with Gasteiger partial charge >= 0.3 is 0 Å². The van der Waals surface area contributed by atoms with Crippen molar-refractivity contribution in [1.82, 2.24) is 0 Å². The fraction of sp³-hybridized carbons (Fsp3) is 0.235. The van der Waals surface area contributed by atoms with Crippen LogP contribution in [-0.2, 0) is 14.6 Å². The van der Waals surface area contributed by atoms with Gasteiger partial charge in [-0.25, -0.2) is 12.8 Å². The van der Waals surface area contributed by atoms with Crippen molar-refractivity contribution in [2.75, 3.05) is 12.4 Å². The fourth-order valence-corrected chi connectivity index (χ4v) is 4.91. The zero-order valence-electron chi connectivity index (χ0n) is 15.2. The summed E-state index contributed by atoms with van der Waals surface area (Å²) in [7, 11) is -2.84. The van der Waals surface area contributed by atoms with Crippen LogP contribution in [-0.4, -0.2) is 44.2 Å². The summed E-state index contributed by atoms with van der Waals surface area (Å²) in [5.74, 6) is -2.84. The van der Waals surface area contributed by atoms with Crippen LogP contribution in [0.4, 0.5) is 9.39 Å². The maximum absolute atomic E-state index is 14.4. The van der Waals surface area contributed by atoms with Crippen LogP contribution in [0.1, 0.15) is 29.8 Å². The summed E-state index contributed by atoms with van der Waals surface area (Å²) in [6.07, 6.45) is 1.36. The Balaban J connectivity index is 2.54. The number of carbonyl (C=O) groups is 2. The Morgan fingerprint density at radius 3 is 2.46 bits per heavy atom. The van der Waals surface area contributed by atoms with Crippen molar-refractivity contribution in [2.45, 2.75) is 28.6 Å². The van der Waals surface area contributed by atoms with Gasteiger partial charge in [0.1, 0.15) is 25.5 Å². The smallest absolute Gasteiger partial charge is 0.256 e. The summed E-state index contributed by atoms with van der Waals surface area (Å²) >= 11 is 0.532. The number of thiophene rings is 1. The second kappa shape index (κ2) is 7.78. The number of nitrogens with two attached hydrogens (primary N) is 1. The molecular weight excluding hydrogens is 409 g/mol. The Kier molecular flexibility index (Phi) is 6.02. The predicted molar refractivity (Wildman–Crippen MR) is 103 cm³/mol. The molecule has 0 saturated heterocycles. The zero-order valence-corrected chi connectivity index (χ0v) is 16.8. The Hall–Kier alpha value is -2.63. The molecule has 4 N–H and O–H groups in total. The topological polar surface area (TPSA) is 139 Å². The van der Waals surface area contributed by atoms with Gasteiger partial charge in [0.15, 0.2) is 0 Å². The highest BCUT2D eigenvalue weighted by atomic mass is 32.2. The highest BCUT2D eigenvalue weighted by Crippen LogP contribution is 2.35. The van der Waals surface area contributed by atoms with Crippen LogP contribution in [0.5, 0.6) is 0 Å². The largest absolute Gasteiger partial charge is 0.381 e. The molecule has 0 spiro atoms. The molecule has 0 atom stereocenters. The van der Waals surface area contributed by atoms with Gasteiger partial charge in [0.25, 0.3) is 11.8 Å². The molecule has 1 aromatic heterocycles. The number of halogens is 1. The number of aliphatic hydroxyl groups is 1. The second-order valence-corrected chi connectivity index (χ2v) is 9.46. The molecule has 0 saturated carbocycles. The number of benzene rings is 1. The molecule has 1 aromatic carbocycles. The van der Waals surface area contributed by atoms with Crippen molar-refractivity contribution >= 4 is 44.2 Å². The van der Waals surface area contributed by atoms with Crippen molar-refractivity contribution in [2.24, 2.45) is 10.7 Å². The molecule has 0 unspecified atom stereocenters. The number of primary amides is 1. The number of rotatable bonds is 6. The molecule has 11 heteroatoms. The molecule has 150 valence electrons. The van der Waals surface area contributed by atoms with Crippen molar-refractivity contribution in [3.8, 4) is 0 Å². The molecule has 2 aromatic rings. The van der Waals surface area contributed by atoms with E-state index in [2.05, 4.69) is 10.3 Å². The average molecular weight is 427 g/mol. The number of hydrogen-bond acceptors (Lipinski definition) is 7. The maximum atomic E-state index is 14.4. The van der Waals surface area contributed by atoms with E-state index in [-0.39, 0.29) is 14.8 Å². The van der Waals surface area contributed by atoms with Crippen LogP contribution in [0.15, 0.2) is 38.4 Å². The van der Waals surface area contributed by atoms with E-state index in [0.29, 0.717) is 16.9 Å². The van der Waals surface area contributed by atoms with Crippen LogP contribution in [0, 0.1) is 5.82 Å². The van der Waals surface area contributed by atoms with E-state index in [1.807, 2.05) is 0 Å². The summed E-state index contributed by atoms with van der Waals surface area (Å²) in [5.41, 5.74) is 3.58. The van der Waals surface area contributed by atoms with Crippen LogP contribution in [0.25, 0.3) is 0 Å². The van der Waals surface area contributed by atoms with Crippen LogP contribution in [0.2, 0.25) is 0 Å². The summed E-state index contributed by atoms with van der Waals surface area (Å²) in [6.45, 7) is 2.43. The van der Waals surface area contributed by atoms with Gasteiger partial charge in [-0.3, -0.25) is 14.6 Å². The minimum Gasteiger partial charge on any atom is -0.381 e. The quantitative estimate of drug-likeness (QED) is 0.601. The molecule has 0 radical (unpaired) electrons. The van der Waals surface area contributed by atoms with Crippen LogP contribution >= 0.6 is 11.3 Å². The summed E-state index contributed by atoms with van der Waals surface area (Å²) in [5, 5.41) is 11.8. The van der Waals surface area contributed by atoms with E-state index >= 15 is 0 Å². The first-order valence-corrected chi connectivity index (χ1v) is 10.1. The molecule has 8 nitrogen and oxygen atoms in total. The zero-order chi connectivity index (χ0) is 21.3. The van der Waals surface area contributed by atoms with Gasteiger partial charge in [0.05, 0.1) is 5.56 Å². The predicted octanol–water partition coefficient (Wildman–Crippen LogP) is 1.58. The molecule has 0 aliphatic rings. The minimum absolute atomic E-state index is 0.159. The van der Waals surface area contributed by atoms with Gasteiger partial charge in [-0.15, -0.1) is 11.3 Å². The molecule has 28 heavy (non-hydrogen) atoms. The number of nitrogens with one attached hydrogen (secondary N) is 1. The van der Waals surface area contributed by atoms with E-state index in [1.54, 1.807) is 0 Å². The van der Waals surface area contributed by atoms with Gasteiger partial charge in [-0.2, -0.15) is 0 Å². The monoisotopic (exact) mass is 427 g/mol. The number of aliphatic imine (C=N–C) groups is 1. The Bertz CT molecular complexity index is 1070. The van der Waals surface area contributed by atoms with E-state index < -0.39 is 38.0 Å². The van der Waals surface area contributed by atoms with Crippen molar-refractivity contribution in [3.63, 3.8) is 0 Å². The van der Waals surface area contributed by atoms with Gasteiger partial charge in [-0.05, 0) is 37.6 Å². The molecule has 0 fully saturated rings. The van der Waals surface area contributed by atoms with E-state index in [1.165, 1.54) is 33.2 Å². The maximum Gasteiger partial charge on any atom is 0.256 e. The number of carbonyl (C=O) groups excluding carboxylic acids is 2. The van der Waals surface area contributed by atoms with Gasteiger partial charge in [-0.1, -0.05) is 6.07 Å². The van der Waals surface area contributed by atoms with Gasteiger partial charge < -0.3 is 16.2 Å². The summed E-state index contributed by atoms with van der Waals surface area (Å²) in [6, 6.07) is 4.44. The van der Waals surface area contributed by atoms with Crippen molar-refractivity contribution in [3.05, 3.63) is 41.2 Å². The van der Waals surface area contributed by atoms with E-state index in [4.69, 9.17) is 5.73 Å². The second-order valence-electron chi connectivity index (χ2n) is 6.27. The highest BCUT2D eigenvalue weighted by molar-refractivity contribution is 7.93. The van der Waals surface area contributed by atoms with Crippen molar-refractivity contribution < 1.29 is 27.5 Å². The number of anilines is 1. The first-order valence-electron chi connectivity index (χ1n) is 7.82. The molecule has 0 aliphatic heterocycles. The molecule has 0 aliphatic carbocycles. The lowest BCUT2D eigenvalue weighted by atomic mass is 10.1. The molecule has 2 amide bonds. The fourth-order valence-electron chi connectivity index (χ4n) is 2.11. The third-order valence-electron chi connectivity index (χ3n) is 3.55. The molecular formula is C17H18FN3O5S2. The normalized spacial score (nSPS) is 12.3. The lowest BCUT2D eigenvalue weighted by Gasteiger charge is -2.16. The van der Waals surface area contributed by atoms with E-state index in [9.17, 15) is 27.5 Å².